The maximum atomic E-state index is 11.8. The van der Waals surface area contributed by atoms with Gasteiger partial charge in [-0.05, 0) is 52.6 Å². The van der Waals surface area contributed by atoms with E-state index in [0.29, 0.717) is 24.3 Å². The van der Waals surface area contributed by atoms with Gasteiger partial charge in [-0.3, -0.25) is 14.9 Å². The number of nitrogens with one attached hydrogen (secondary N) is 1. The van der Waals surface area contributed by atoms with Gasteiger partial charge in [-0.15, -0.1) is 0 Å². The average molecular weight is 418 g/mol. The monoisotopic (exact) mass is 418 g/mol. The van der Waals surface area contributed by atoms with E-state index in [1.807, 2.05) is 36.4 Å². The fourth-order valence-electron chi connectivity index (χ4n) is 3.65. The number of carbonyl (C=O) groups excluding carboxylic acids is 2. The number of nitrogens with zero attached hydrogens (tertiary/aromatic N) is 1. The van der Waals surface area contributed by atoms with Crippen molar-refractivity contribution in [1.82, 2.24) is 10.3 Å². The molecule has 2 amide bonds. The van der Waals surface area contributed by atoms with Crippen LogP contribution in [0.15, 0.2) is 59.0 Å². The maximum Gasteiger partial charge on any atom is 0.286 e. The Morgan fingerprint density at radius 1 is 1.03 bits per heavy atom. The van der Waals surface area contributed by atoms with E-state index in [1.54, 1.807) is 7.11 Å². The Morgan fingerprint density at radius 2 is 1.83 bits per heavy atom. The molecule has 30 heavy (non-hydrogen) atoms. The quantitative estimate of drug-likeness (QED) is 0.515. The summed E-state index contributed by atoms with van der Waals surface area (Å²) in [4.78, 5) is 27.8. The number of aromatic nitrogens is 1. The number of hydrogen-bond acceptors (Lipinski definition) is 6. The molecule has 0 aliphatic carbocycles. The van der Waals surface area contributed by atoms with Crippen molar-refractivity contribution in [3.63, 3.8) is 0 Å². The summed E-state index contributed by atoms with van der Waals surface area (Å²) in [5.41, 5.74) is 3.52. The van der Waals surface area contributed by atoms with Gasteiger partial charge < -0.3 is 9.15 Å². The first-order valence-corrected chi connectivity index (χ1v) is 10.4. The van der Waals surface area contributed by atoms with Crippen molar-refractivity contribution in [2.75, 3.05) is 7.11 Å². The third-order valence-electron chi connectivity index (χ3n) is 5.15. The summed E-state index contributed by atoms with van der Waals surface area (Å²) < 4.78 is 11.2. The van der Waals surface area contributed by atoms with Crippen molar-refractivity contribution in [3.8, 4) is 5.75 Å². The zero-order valence-electron chi connectivity index (χ0n) is 16.2. The molecule has 1 N–H and O–H groups in total. The van der Waals surface area contributed by atoms with E-state index in [9.17, 15) is 9.59 Å². The lowest BCUT2D eigenvalue weighted by atomic mass is 10.0. The minimum absolute atomic E-state index is 0.236. The van der Waals surface area contributed by atoms with Gasteiger partial charge in [0.05, 0.1) is 12.4 Å². The van der Waals surface area contributed by atoms with E-state index in [2.05, 4.69) is 28.5 Å². The number of hydrogen-bond donors (Lipinski definition) is 1. The topological polar surface area (TPSA) is 81.4 Å². The van der Waals surface area contributed by atoms with Crippen molar-refractivity contribution < 1.29 is 18.7 Å². The molecule has 7 heteroatoms. The number of rotatable bonds is 5. The number of imide groups is 1. The second kappa shape index (κ2) is 7.50. The molecular formula is C23H18N2O4S. The Labute approximate surface area is 176 Å². The first-order valence-electron chi connectivity index (χ1n) is 9.54. The second-order valence-electron chi connectivity index (χ2n) is 7.22. The van der Waals surface area contributed by atoms with E-state index in [1.165, 1.54) is 0 Å². The van der Waals surface area contributed by atoms with Crippen molar-refractivity contribution in [2.45, 2.75) is 18.1 Å². The molecule has 4 aromatic rings. The van der Waals surface area contributed by atoms with Gasteiger partial charge in [0.2, 0.25) is 5.91 Å². The Bertz CT molecular complexity index is 1300. The molecular weight excluding hydrogens is 400 g/mol. The van der Waals surface area contributed by atoms with Crippen molar-refractivity contribution >= 4 is 44.8 Å². The lowest BCUT2D eigenvalue weighted by molar-refractivity contribution is -0.118. The number of thioether (sulfide) groups is 1. The van der Waals surface area contributed by atoms with Gasteiger partial charge in [-0.2, -0.15) is 0 Å². The van der Waals surface area contributed by atoms with Crippen molar-refractivity contribution in [3.05, 3.63) is 71.6 Å². The first-order chi connectivity index (χ1) is 14.6. The van der Waals surface area contributed by atoms with E-state index in [-0.39, 0.29) is 11.1 Å². The standard InChI is InChI=1S/C23H18N2O4S/c1-28-17-6-5-15-8-13(2-4-16(15)12-17)11-21-24-18-9-14(3-7-19(18)29-21)10-20-22(26)25-23(27)30-20/h2-9,12,20H,10-11H2,1H3,(H,25,26,27). The molecule has 5 rings (SSSR count). The van der Waals surface area contributed by atoms with Gasteiger partial charge in [-0.1, -0.05) is 42.1 Å². The SMILES string of the molecule is COc1ccc2cc(Cc3nc4cc(CC5SC(=O)NC5=O)ccc4o3)ccc2c1. The average Bonchev–Trinajstić information content (AvgIpc) is 3.28. The molecule has 1 fully saturated rings. The van der Waals surface area contributed by atoms with Crippen LogP contribution in [0.25, 0.3) is 21.9 Å². The summed E-state index contributed by atoms with van der Waals surface area (Å²) in [6, 6.07) is 18.0. The van der Waals surface area contributed by atoms with Gasteiger partial charge >= 0.3 is 0 Å². The fraction of sp³-hybridized carbons (Fsp3) is 0.174. The van der Waals surface area contributed by atoms with Crippen LogP contribution in [0.4, 0.5) is 4.79 Å². The maximum absolute atomic E-state index is 11.8. The van der Waals surface area contributed by atoms with Crippen LogP contribution in [0, 0.1) is 0 Å². The number of fused-ring (bicyclic) bond motifs is 2. The smallest absolute Gasteiger partial charge is 0.286 e. The van der Waals surface area contributed by atoms with Gasteiger partial charge in [-0.25, -0.2) is 4.98 Å². The molecule has 0 bridgehead atoms. The van der Waals surface area contributed by atoms with Gasteiger partial charge in [0.1, 0.15) is 11.3 Å². The number of benzene rings is 3. The molecule has 1 aliphatic rings. The van der Waals surface area contributed by atoms with Crippen molar-refractivity contribution in [2.24, 2.45) is 0 Å². The van der Waals surface area contributed by atoms with Gasteiger partial charge in [0, 0.05) is 6.42 Å². The van der Waals surface area contributed by atoms with E-state index >= 15 is 0 Å². The van der Waals surface area contributed by atoms with Crippen LogP contribution in [0.3, 0.4) is 0 Å². The number of methoxy groups -OCH3 is 1. The van der Waals surface area contributed by atoms with E-state index < -0.39 is 5.25 Å². The second-order valence-corrected chi connectivity index (χ2v) is 8.40. The molecule has 0 saturated carbocycles. The molecule has 1 aromatic heterocycles. The normalized spacial score (nSPS) is 16.4. The predicted octanol–water partition coefficient (Wildman–Crippen LogP) is 4.47. The number of ether oxygens (including phenoxy) is 1. The summed E-state index contributed by atoms with van der Waals surface area (Å²) in [7, 11) is 1.66. The molecule has 1 aliphatic heterocycles. The van der Waals surface area contributed by atoms with Crippen LogP contribution >= 0.6 is 11.8 Å². The van der Waals surface area contributed by atoms with E-state index in [4.69, 9.17) is 9.15 Å². The zero-order chi connectivity index (χ0) is 20.7. The minimum atomic E-state index is -0.391. The van der Waals surface area contributed by atoms with Crippen LogP contribution in [-0.2, 0) is 17.6 Å². The van der Waals surface area contributed by atoms with Gasteiger partial charge in [0.25, 0.3) is 5.24 Å². The van der Waals surface area contributed by atoms with Crippen LogP contribution < -0.4 is 10.1 Å². The molecule has 2 heterocycles. The molecule has 1 saturated heterocycles. The summed E-state index contributed by atoms with van der Waals surface area (Å²) in [5.74, 6) is 1.24. The lowest BCUT2D eigenvalue weighted by Gasteiger charge is -2.04. The Kier molecular flexibility index (Phi) is 4.67. The predicted molar refractivity (Wildman–Crippen MR) is 116 cm³/mol. The zero-order valence-corrected chi connectivity index (χ0v) is 17.0. The van der Waals surface area contributed by atoms with E-state index in [0.717, 1.165) is 44.9 Å². The van der Waals surface area contributed by atoms with Gasteiger partial charge in [0.15, 0.2) is 11.5 Å². The number of amides is 2. The Morgan fingerprint density at radius 3 is 2.63 bits per heavy atom. The summed E-state index contributed by atoms with van der Waals surface area (Å²) in [6.07, 6.45) is 1.07. The van der Waals surface area contributed by atoms with Crippen LogP contribution in [0.5, 0.6) is 5.75 Å². The summed E-state index contributed by atoms with van der Waals surface area (Å²) in [6.45, 7) is 0. The summed E-state index contributed by atoms with van der Waals surface area (Å²) in [5, 5.41) is 3.89. The molecule has 0 spiro atoms. The molecule has 0 radical (unpaired) electrons. The fourth-order valence-corrected chi connectivity index (χ4v) is 4.51. The number of carbonyl (C=O) groups is 2. The number of oxazole rings is 1. The molecule has 6 nitrogen and oxygen atoms in total. The van der Waals surface area contributed by atoms with Crippen molar-refractivity contribution in [1.29, 1.82) is 0 Å². The van der Waals surface area contributed by atoms with Crippen LogP contribution in [0.1, 0.15) is 17.0 Å². The Hall–Kier alpha value is -3.32. The molecule has 150 valence electrons. The largest absolute Gasteiger partial charge is 0.497 e. The Balaban J connectivity index is 1.36. The molecule has 1 atom stereocenters. The minimum Gasteiger partial charge on any atom is -0.497 e. The third-order valence-corrected chi connectivity index (χ3v) is 6.13. The highest BCUT2D eigenvalue weighted by molar-refractivity contribution is 8.15. The van der Waals surface area contributed by atoms with Crippen LogP contribution in [0.2, 0.25) is 0 Å². The third kappa shape index (κ3) is 3.64. The highest BCUT2D eigenvalue weighted by Gasteiger charge is 2.31. The van der Waals surface area contributed by atoms with Crippen LogP contribution in [-0.4, -0.2) is 28.5 Å². The lowest BCUT2D eigenvalue weighted by Crippen LogP contribution is -2.25. The summed E-state index contributed by atoms with van der Waals surface area (Å²) >= 11 is 1.03. The molecule has 1 unspecified atom stereocenters. The first kappa shape index (κ1) is 18.7. The highest BCUT2D eigenvalue weighted by Crippen LogP contribution is 2.26. The molecule has 3 aromatic carbocycles. The highest BCUT2D eigenvalue weighted by atomic mass is 32.2.